The normalized spacial score (nSPS) is 15.6. The third-order valence-corrected chi connectivity index (χ3v) is 5.05. The van der Waals surface area contributed by atoms with Crippen LogP contribution in [0.3, 0.4) is 0 Å². The summed E-state index contributed by atoms with van der Waals surface area (Å²) in [6, 6.07) is 18.1. The van der Waals surface area contributed by atoms with Crippen LogP contribution in [0.25, 0.3) is 11.1 Å². The van der Waals surface area contributed by atoms with E-state index in [9.17, 15) is 4.79 Å². The number of piperidine rings is 1. The molecule has 1 heterocycles. The van der Waals surface area contributed by atoms with Gasteiger partial charge in [0, 0.05) is 12.2 Å². The Balaban J connectivity index is 1.42. The zero-order valence-corrected chi connectivity index (χ0v) is 15.6. The van der Waals surface area contributed by atoms with Gasteiger partial charge in [-0.25, -0.2) is 4.79 Å². The van der Waals surface area contributed by atoms with Crippen LogP contribution in [0.15, 0.2) is 54.6 Å². The predicted octanol–water partition coefficient (Wildman–Crippen LogP) is 4.60. The summed E-state index contributed by atoms with van der Waals surface area (Å²) in [6.07, 6.45) is 3.56. The van der Waals surface area contributed by atoms with Gasteiger partial charge in [-0.15, -0.1) is 0 Å². The number of nitrogens with one attached hydrogen (secondary N) is 2. The molecule has 1 aliphatic heterocycles. The third-order valence-electron chi connectivity index (χ3n) is 5.05. The molecule has 2 aromatic rings. The largest absolute Gasteiger partial charge is 0.338 e. The van der Waals surface area contributed by atoms with Gasteiger partial charge in [0.15, 0.2) is 0 Å². The zero-order valence-electron chi connectivity index (χ0n) is 15.6. The molecule has 0 bridgehead atoms. The first kappa shape index (κ1) is 18.5. The van der Waals surface area contributed by atoms with Crippen LogP contribution in [0.2, 0.25) is 0 Å². The van der Waals surface area contributed by atoms with Gasteiger partial charge in [-0.05, 0) is 68.1 Å². The lowest BCUT2D eigenvalue weighted by molar-refractivity contribution is 0.182. The summed E-state index contributed by atoms with van der Waals surface area (Å²) in [4.78, 5) is 14.7. The van der Waals surface area contributed by atoms with Crippen LogP contribution in [0.5, 0.6) is 0 Å². The first-order valence-corrected chi connectivity index (χ1v) is 9.67. The van der Waals surface area contributed by atoms with Crippen molar-refractivity contribution in [2.24, 2.45) is 5.92 Å². The highest BCUT2D eigenvalue weighted by Gasteiger charge is 2.18. The molecule has 2 amide bonds. The van der Waals surface area contributed by atoms with Gasteiger partial charge in [-0.3, -0.25) is 0 Å². The van der Waals surface area contributed by atoms with Crippen LogP contribution in [0, 0.1) is 5.92 Å². The highest BCUT2D eigenvalue weighted by molar-refractivity contribution is 5.89. The summed E-state index contributed by atoms with van der Waals surface area (Å²) in [5.41, 5.74) is 3.15. The first-order valence-electron chi connectivity index (χ1n) is 9.67. The smallest absolute Gasteiger partial charge is 0.319 e. The van der Waals surface area contributed by atoms with Gasteiger partial charge >= 0.3 is 6.03 Å². The standard InChI is InChI=1S/C22H29N3O/c1-2-14-25-15-12-18(13-16-25)17-23-22(26)24-21-10-8-20(9-11-21)19-6-4-3-5-7-19/h3-11,18H,2,12-17H2,1H3,(H2,23,24,26). The van der Waals surface area contributed by atoms with Gasteiger partial charge in [0.1, 0.15) is 0 Å². The Kier molecular flexibility index (Phi) is 6.67. The van der Waals surface area contributed by atoms with Crippen molar-refractivity contribution in [3.63, 3.8) is 0 Å². The van der Waals surface area contributed by atoms with E-state index < -0.39 is 0 Å². The van der Waals surface area contributed by atoms with E-state index in [0.29, 0.717) is 5.92 Å². The van der Waals surface area contributed by atoms with E-state index in [4.69, 9.17) is 0 Å². The molecule has 0 spiro atoms. The maximum absolute atomic E-state index is 12.1. The van der Waals surface area contributed by atoms with Crippen LogP contribution >= 0.6 is 0 Å². The summed E-state index contributed by atoms with van der Waals surface area (Å²) >= 11 is 0. The molecular formula is C22H29N3O. The van der Waals surface area contributed by atoms with Gasteiger partial charge < -0.3 is 15.5 Å². The Hall–Kier alpha value is -2.33. The van der Waals surface area contributed by atoms with E-state index in [1.807, 2.05) is 42.5 Å². The van der Waals surface area contributed by atoms with Crippen molar-refractivity contribution in [1.29, 1.82) is 0 Å². The highest BCUT2D eigenvalue weighted by atomic mass is 16.2. The van der Waals surface area contributed by atoms with Crippen molar-refractivity contribution in [3.05, 3.63) is 54.6 Å². The van der Waals surface area contributed by atoms with Crippen LogP contribution < -0.4 is 10.6 Å². The van der Waals surface area contributed by atoms with Gasteiger partial charge in [0.25, 0.3) is 0 Å². The van der Waals surface area contributed by atoms with Crippen molar-refractivity contribution in [2.45, 2.75) is 26.2 Å². The fourth-order valence-corrected chi connectivity index (χ4v) is 3.52. The summed E-state index contributed by atoms with van der Waals surface area (Å²) in [5, 5.41) is 5.95. The maximum atomic E-state index is 12.1. The highest BCUT2D eigenvalue weighted by Crippen LogP contribution is 2.21. The number of anilines is 1. The molecule has 26 heavy (non-hydrogen) atoms. The molecular weight excluding hydrogens is 322 g/mol. The Morgan fingerprint density at radius 3 is 2.31 bits per heavy atom. The lowest BCUT2D eigenvalue weighted by Gasteiger charge is -2.31. The Morgan fingerprint density at radius 1 is 1.00 bits per heavy atom. The fraction of sp³-hybridized carbons (Fsp3) is 0.409. The molecule has 138 valence electrons. The van der Waals surface area contributed by atoms with Gasteiger partial charge in [-0.1, -0.05) is 49.4 Å². The average Bonchev–Trinajstić information content (AvgIpc) is 2.69. The topological polar surface area (TPSA) is 44.4 Å². The van der Waals surface area contributed by atoms with E-state index in [0.717, 1.165) is 30.9 Å². The third kappa shape index (κ3) is 5.33. The molecule has 0 atom stereocenters. The SMILES string of the molecule is CCCN1CCC(CNC(=O)Nc2ccc(-c3ccccc3)cc2)CC1. The molecule has 0 radical (unpaired) electrons. The van der Waals surface area contributed by atoms with Crippen molar-refractivity contribution in [2.75, 3.05) is 31.5 Å². The second kappa shape index (κ2) is 9.39. The number of carbonyl (C=O) groups excluding carboxylic acids is 1. The van der Waals surface area contributed by atoms with E-state index in [1.54, 1.807) is 0 Å². The number of benzene rings is 2. The minimum atomic E-state index is -0.117. The fourth-order valence-electron chi connectivity index (χ4n) is 3.52. The Labute approximate surface area is 156 Å². The summed E-state index contributed by atoms with van der Waals surface area (Å²) in [7, 11) is 0. The number of rotatable bonds is 6. The molecule has 4 nitrogen and oxygen atoms in total. The maximum Gasteiger partial charge on any atom is 0.319 e. The monoisotopic (exact) mass is 351 g/mol. The molecule has 0 unspecified atom stereocenters. The zero-order chi connectivity index (χ0) is 18.2. The number of hydrogen-bond acceptors (Lipinski definition) is 2. The number of likely N-dealkylation sites (tertiary alicyclic amines) is 1. The summed E-state index contributed by atoms with van der Waals surface area (Å²) < 4.78 is 0. The average molecular weight is 351 g/mol. The van der Waals surface area contributed by atoms with Gasteiger partial charge in [0.2, 0.25) is 0 Å². The van der Waals surface area contributed by atoms with Crippen LogP contribution in [0.4, 0.5) is 10.5 Å². The van der Waals surface area contributed by atoms with Crippen molar-refractivity contribution in [3.8, 4) is 11.1 Å². The molecule has 0 aromatic heterocycles. The number of hydrogen-bond donors (Lipinski definition) is 2. The molecule has 1 saturated heterocycles. The van der Waals surface area contributed by atoms with Crippen molar-refractivity contribution < 1.29 is 4.79 Å². The molecule has 0 aliphatic carbocycles. The molecule has 2 aromatic carbocycles. The van der Waals surface area contributed by atoms with Crippen LogP contribution in [0.1, 0.15) is 26.2 Å². The second-order valence-corrected chi connectivity index (χ2v) is 7.06. The summed E-state index contributed by atoms with van der Waals surface area (Å²) in [5.74, 6) is 0.592. The number of amides is 2. The van der Waals surface area contributed by atoms with Crippen molar-refractivity contribution >= 4 is 11.7 Å². The Morgan fingerprint density at radius 2 is 1.65 bits per heavy atom. The minimum Gasteiger partial charge on any atom is -0.338 e. The lowest BCUT2D eigenvalue weighted by atomic mass is 9.97. The molecule has 1 fully saturated rings. The molecule has 1 aliphatic rings. The molecule has 0 saturated carbocycles. The van der Waals surface area contributed by atoms with Gasteiger partial charge in [-0.2, -0.15) is 0 Å². The second-order valence-electron chi connectivity index (χ2n) is 7.06. The predicted molar refractivity (Wildman–Crippen MR) is 108 cm³/mol. The van der Waals surface area contributed by atoms with Gasteiger partial charge in [0.05, 0.1) is 0 Å². The lowest BCUT2D eigenvalue weighted by Crippen LogP contribution is -2.39. The first-order chi connectivity index (χ1) is 12.7. The van der Waals surface area contributed by atoms with E-state index in [1.165, 1.54) is 31.4 Å². The number of nitrogens with zero attached hydrogens (tertiary/aromatic N) is 1. The minimum absolute atomic E-state index is 0.117. The van der Waals surface area contributed by atoms with E-state index in [-0.39, 0.29) is 6.03 Å². The van der Waals surface area contributed by atoms with Crippen molar-refractivity contribution in [1.82, 2.24) is 10.2 Å². The summed E-state index contributed by atoms with van der Waals surface area (Å²) in [6.45, 7) is 6.49. The molecule has 3 rings (SSSR count). The number of carbonyl (C=O) groups is 1. The van der Waals surface area contributed by atoms with E-state index in [2.05, 4.69) is 34.6 Å². The molecule has 4 heteroatoms. The molecule has 2 N–H and O–H groups in total. The van der Waals surface area contributed by atoms with Crippen LogP contribution in [-0.2, 0) is 0 Å². The van der Waals surface area contributed by atoms with Crippen LogP contribution in [-0.4, -0.2) is 37.1 Å². The Bertz CT molecular complexity index is 676. The number of urea groups is 1. The van der Waals surface area contributed by atoms with E-state index >= 15 is 0 Å². The quantitative estimate of drug-likeness (QED) is 0.799.